The van der Waals surface area contributed by atoms with Gasteiger partial charge in [-0.15, -0.1) is 0 Å². The summed E-state index contributed by atoms with van der Waals surface area (Å²) in [4.78, 5) is 0. The van der Waals surface area contributed by atoms with Crippen molar-refractivity contribution < 1.29 is 37.9 Å². The molecule has 32 heavy (non-hydrogen) atoms. The third-order valence-electron chi connectivity index (χ3n) is 6.30. The minimum Gasteiger partial charge on any atom is -0.493 e. The van der Waals surface area contributed by atoms with Crippen molar-refractivity contribution in [1.82, 2.24) is 0 Å². The molecule has 0 aromatic heterocycles. The highest BCUT2D eigenvalue weighted by molar-refractivity contribution is 5.55. The number of hydrogen-bond donors (Lipinski definition) is 0. The van der Waals surface area contributed by atoms with Crippen LogP contribution in [0.3, 0.4) is 0 Å². The summed E-state index contributed by atoms with van der Waals surface area (Å²) in [5.74, 6) is 3.91. The first-order valence-corrected chi connectivity index (χ1v) is 10.4. The van der Waals surface area contributed by atoms with Gasteiger partial charge >= 0.3 is 0 Å². The molecule has 2 saturated heterocycles. The molecule has 0 aliphatic carbocycles. The number of hydrogen-bond acceptors (Lipinski definition) is 8. The highest BCUT2D eigenvalue weighted by Crippen LogP contribution is 2.53. The van der Waals surface area contributed by atoms with E-state index in [0.717, 1.165) is 11.1 Å². The zero-order valence-electron chi connectivity index (χ0n) is 19.3. The van der Waals surface area contributed by atoms with Gasteiger partial charge in [0.2, 0.25) is 11.5 Å². The Kier molecular flexibility index (Phi) is 6.53. The standard InChI is InChI=1S/C24H30O8/c1-25-17-7-13(8-18(26-2)23(17)29-5)21-15-11-32-22(16(15)12-31-21)14-9-19(27-3)24(30-6)20(10-14)28-4/h7-10,15-16,21-22H,11-12H2,1-6H3/t15-,16-,21+,22+/m0/s1. The molecule has 4 atom stereocenters. The lowest BCUT2D eigenvalue weighted by atomic mass is 9.84. The Balaban J connectivity index is 1.64. The molecule has 2 fully saturated rings. The minimum atomic E-state index is -0.138. The Morgan fingerprint density at radius 3 is 1.09 bits per heavy atom. The van der Waals surface area contributed by atoms with Crippen molar-refractivity contribution in [2.45, 2.75) is 12.2 Å². The van der Waals surface area contributed by atoms with Crippen LogP contribution in [0.15, 0.2) is 24.3 Å². The lowest BCUT2D eigenvalue weighted by Crippen LogP contribution is -2.15. The topological polar surface area (TPSA) is 73.8 Å². The zero-order valence-corrected chi connectivity index (χ0v) is 19.3. The zero-order chi connectivity index (χ0) is 22.8. The van der Waals surface area contributed by atoms with Crippen molar-refractivity contribution in [3.63, 3.8) is 0 Å². The Bertz CT molecular complexity index is 832. The maximum Gasteiger partial charge on any atom is 0.203 e. The van der Waals surface area contributed by atoms with Crippen LogP contribution in [0, 0.1) is 11.8 Å². The largest absolute Gasteiger partial charge is 0.493 e. The normalized spacial score (nSPS) is 24.1. The summed E-state index contributed by atoms with van der Waals surface area (Å²) in [6.45, 7) is 1.15. The van der Waals surface area contributed by atoms with E-state index in [2.05, 4.69) is 0 Å². The third-order valence-corrected chi connectivity index (χ3v) is 6.30. The van der Waals surface area contributed by atoms with Gasteiger partial charge in [0, 0.05) is 11.8 Å². The van der Waals surface area contributed by atoms with Crippen LogP contribution in [0.5, 0.6) is 34.5 Å². The third kappa shape index (κ3) is 3.67. The van der Waals surface area contributed by atoms with Gasteiger partial charge in [-0.05, 0) is 35.4 Å². The quantitative estimate of drug-likeness (QED) is 0.606. The Morgan fingerprint density at radius 2 is 0.844 bits per heavy atom. The van der Waals surface area contributed by atoms with Gasteiger partial charge in [-0.3, -0.25) is 0 Å². The Hall–Kier alpha value is -2.84. The van der Waals surface area contributed by atoms with Crippen LogP contribution < -0.4 is 28.4 Å². The molecule has 4 rings (SSSR count). The van der Waals surface area contributed by atoms with E-state index in [1.54, 1.807) is 42.7 Å². The predicted octanol–water partition coefficient (Wildman–Crippen LogP) is 3.81. The van der Waals surface area contributed by atoms with E-state index in [9.17, 15) is 0 Å². The molecule has 2 aliphatic rings. The summed E-state index contributed by atoms with van der Waals surface area (Å²) in [6.07, 6.45) is -0.276. The molecular formula is C24H30O8. The van der Waals surface area contributed by atoms with Gasteiger partial charge < -0.3 is 37.9 Å². The van der Waals surface area contributed by atoms with E-state index in [0.29, 0.717) is 47.7 Å². The number of fused-ring (bicyclic) bond motifs is 1. The summed E-state index contributed by atoms with van der Waals surface area (Å²) < 4.78 is 45.5. The van der Waals surface area contributed by atoms with Gasteiger partial charge in [0.1, 0.15) is 0 Å². The second kappa shape index (κ2) is 9.34. The van der Waals surface area contributed by atoms with Crippen LogP contribution in [-0.4, -0.2) is 55.9 Å². The smallest absolute Gasteiger partial charge is 0.203 e. The van der Waals surface area contributed by atoms with Crippen LogP contribution in [-0.2, 0) is 9.47 Å². The van der Waals surface area contributed by atoms with Crippen LogP contribution in [0.2, 0.25) is 0 Å². The van der Waals surface area contributed by atoms with E-state index in [1.165, 1.54) is 0 Å². The van der Waals surface area contributed by atoms with Gasteiger partial charge in [0.15, 0.2) is 23.0 Å². The molecule has 2 aromatic carbocycles. The molecule has 2 aromatic rings. The Morgan fingerprint density at radius 1 is 0.531 bits per heavy atom. The monoisotopic (exact) mass is 446 g/mol. The number of ether oxygens (including phenoxy) is 8. The fraction of sp³-hybridized carbons (Fsp3) is 0.500. The SMILES string of the molecule is COc1cc([C@H]2OC[C@H]3[C@@H]2CO[C@@H]3c2cc(OC)c(OC)c(OC)c2)cc(OC)c1OC. The van der Waals surface area contributed by atoms with Gasteiger partial charge in [-0.25, -0.2) is 0 Å². The summed E-state index contributed by atoms with van der Waals surface area (Å²) in [6, 6.07) is 7.78. The summed E-state index contributed by atoms with van der Waals surface area (Å²) >= 11 is 0. The molecule has 174 valence electrons. The minimum absolute atomic E-state index is 0.138. The van der Waals surface area contributed by atoms with Crippen molar-refractivity contribution >= 4 is 0 Å². The van der Waals surface area contributed by atoms with Gasteiger partial charge in [-0.1, -0.05) is 0 Å². The maximum atomic E-state index is 6.27. The summed E-state index contributed by atoms with van der Waals surface area (Å²) in [7, 11) is 9.62. The second-order valence-electron chi connectivity index (χ2n) is 7.75. The van der Waals surface area contributed by atoms with Crippen molar-refractivity contribution in [3.05, 3.63) is 35.4 Å². The number of benzene rings is 2. The van der Waals surface area contributed by atoms with Crippen LogP contribution >= 0.6 is 0 Å². The van der Waals surface area contributed by atoms with Gasteiger partial charge in [0.25, 0.3) is 0 Å². The first-order chi connectivity index (χ1) is 15.6. The summed E-state index contributed by atoms with van der Waals surface area (Å²) in [5, 5.41) is 0. The summed E-state index contributed by atoms with van der Waals surface area (Å²) in [5.41, 5.74) is 1.95. The van der Waals surface area contributed by atoms with Crippen LogP contribution in [0.25, 0.3) is 0 Å². The predicted molar refractivity (Wildman–Crippen MR) is 117 cm³/mol. The average molecular weight is 446 g/mol. The first-order valence-electron chi connectivity index (χ1n) is 10.4. The Labute approximate surface area is 188 Å². The molecule has 2 heterocycles. The molecule has 0 amide bonds. The fourth-order valence-electron chi connectivity index (χ4n) is 4.77. The van der Waals surface area contributed by atoms with Crippen LogP contribution in [0.1, 0.15) is 23.3 Å². The van der Waals surface area contributed by atoms with Crippen molar-refractivity contribution in [2.75, 3.05) is 55.9 Å². The first kappa shape index (κ1) is 22.4. The van der Waals surface area contributed by atoms with E-state index in [-0.39, 0.29) is 24.0 Å². The second-order valence-corrected chi connectivity index (χ2v) is 7.75. The van der Waals surface area contributed by atoms with Crippen molar-refractivity contribution in [2.24, 2.45) is 11.8 Å². The number of methoxy groups -OCH3 is 6. The van der Waals surface area contributed by atoms with Gasteiger partial charge in [0.05, 0.1) is 68.1 Å². The van der Waals surface area contributed by atoms with Gasteiger partial charge in [-0.2, -0.15) is 0 Å². The lowest BCUT2D eigenvalue weighted by Gasteiger charge is -2.20. The van der Waals surface area contributed by atoms with E-state index in [4.69, 9.17) is 37.9 Å². The molecule has 0 radical (unpaired) electrons. The fourth-order valence-corrected chi connectivity index (χ4v) is 4.77. The average Bonchev–Trinajstić information content (AvgIpc) is 3.44. The van der Waals surface area contributed by atoms with E-state index >= 15 is 0 Å². The molecule has 0 spiro atoms. The van der Waals surface area contributed by atoms with Crippen molar-refractivity contribution in [3.8, 4) is 34.5 Å². The molecule has 8 nitrogen and oxygen atoms in total. The van der Waals surface area contributed by atoms with Crippen LogP contribution in [0.4, 0.5) is 0 Å². The maximum absolute atomic E-state index is 6.27. The molecule has 0 saturated carbocycles. The molecule has 0 N–H and O–H groups in total. The molecule has 0 bridgehead atoms. The van der Waals surface area contributed by atoms with Crippen molar-refractivity contribution in [1.29, 1.82) is 0 Å². The molecule has 2 aliphatic heterocycles. The molecule has 8 heteroatoms. The molecule has 0 unspecified atom stereocenters. The highest BCUT2D eigenvalue weighted by atomic mass is 16.5. The number of rotatable bonds is 8. The van der Waals surface area contributed by atoms with E-state index in [1.807, 2.05) is 24.3 Å². The molecular weight excluding hydrogens is 416 g/mol. The highest BCUT2D eigenvalue weighted by Gasteiger charge is 2.48. The van der Waals surface area contributed by atoms with E-state index < -0.39 is 0 Å². The lowest BCUT2D eigenvalue weighted by molar-refractivity contribution is 0.0190.